The van der Waals surface area contributed by atoms with Crippen molar-refractivity contribution < 1.29 is 9.53 Å². The lowest BCUT2D eigenvalue weighted by Crippen LogP contribution is -2.13. The summed E-state index contributed by atoms with van der Waals surface area (Å²) in [7, 11) is 0. The van der Waals surface area contributed by atoms with Gasteiger partial charge in [-0.1, -0.05) is 64.6 Å². The van der Waals surface area contributed by atoms with E-state index in [1.54, 1.807) is 47.3 Å². The molecule has 9 heteroatoms. The predicted octanol–water partition coefficient (Wildman–Crippen LogP) is 7.68. The van der Waals surface area contributed by atoms with Crippen LogP contribution in [0.15, 0.2) is 66.9 Å². The van der Waals surface area contributed by atoms with Crippen LogP contribution in [0.2, 0.25) is 20.1 Å². The van der Waals surface area contributed by atoms with E-state index >= 15 is 0 Å². The number of anilines is 1. The molecule has 4 aromatic rings. The number of aryl methyl sites for hydroxylation is 1. The Morgan fingerprint density at radius 2 is 1.74 bits per heavy atom. The van der Waals surface area contributed by atoms with Crippen LogP contribution in [0, 0.1) is 6.92 Å². The van der Waals surface area contributed by atoms with Gasteiger partial charge < -0.3 is 10.1 Å². The highest BCUT2D eigenvalue weighted by molar-refractivity contribution is 6.35. The number of nitrogens with zero attached hydrogens (tertiary/aromatic N) is 2. The molecule has 3 aromatic carbocycles. The van der Waals surface area contributed by atoms with Crippen molar-refractivity contribution in [1.82, 2.24) is 9.78 Å². The number of benzene rings is 3. The van der Waals surface area contributed by atoms with Crippen molar-refractivity contribution in [1.29, 1.82) is 0 Å². The van der Waals surface area contributed by atoms with Gasteiger partial charge in [-0.2, -0.15) is 5.10 Å². The minimum absolute atomic E-state index is 0.259. The summed E-state index contributed by atoms with van der Waals surface area (Å²) in [4.78, 5) is 12.8. The van der Waals surface area contributed by atoms with E-state index in [0.29, 0.717) is 38.8 Å². The van der Waals surface area contributed by atoms with Gasteiger partial charge in [0.05, 0.1) is 6.54 Å². The SMILES string of the molecule is Cc1cc(Cl)ccc1OCc1cccc(C(=O)Nc2nn(Cc3ccc(Cl)cc3Cl)cc2Cl)c1. The molecular formula is C25H19Cl4N3O2. The first kappa shape index (κ1) is 24.4. The highest BCUT2D eigenvalue weighted by Gasteiger charge is 2.14. The molecule has 1 amide bonds. The minimum atomic E-state index is -0.332. The molecule has 4 rings (SSSR count). The van der Waals surface area contributed by atoms with Crippen LogP contribution >= 0.6 is 46.4 Å². The van der Waals surface area contributed by atoms with Gasteiger partial charge in [-0.05, 0) is 66.1 Å². The van der Waals surface area contributed by atoms with Crippen molar-refractivity contribution in [3.05, 3.63) is 109 Å². The summed E-state index contributed by atoms with van der Waals surface area (Å²) in [5.74, 6) is 0.661. The predicted molar refractivity (Wildman–Crippen MR) is 138 cm³/mol. The van der Waals surface area contributed by atoms with Gasteiger partial charge in [-0.3, -0.25) is 9.48 Å². The topological polar surface area (TPSA) is 56.1 Å². The van der Waals surface area contributed by atoms with Crippen LogP contribution < -0.4 is 10.1 Å². The van der Waals surface area contributed by atoms with Crippen molar-refractivity contribution in [3.8, 4) is 5.75 Å². The van der Waals surface area contributed by atoms with E-state index in [2.05, 4.69) is 10.4 Å². The fraction of sp³-hybridized carbons (Fsp3) is 0.120. The molecule has 0 radical (unpaired) electrons. The number of carbonyl (C=O) groups is 1. The summed E-state index contributed by atoms with van der Waals surface area (Å²) in [5.41, 5.74) is 3.06. The molecule has 1 aromatic heterocycles. The van der Waals surface area contributed by atoms with Gasteiger partial charge in [0.1, 0.15) is 17.4 Å². The lowest BCUT2D eigenvalue weighted by Gasteiger charge is -2.10. The van der Waals surface area contributed by atoms with E-state index in [9.17, 15) is 4.79 Å². The van der Waals surface area contributed by atoms with Gasteiger partial charge in [-0.25, -0.2) is 0 Å². The molecule has 0 bridgehead atoms. The first-order valence-electron chi connectivity index (χ1n) is 10.2. The Kier molecular flexibility index (Phi) is 7.69. The molecule has 0 spiro atoms. The zero-order valence-electron chi connectivity index (χ0n) is 18.0. The number of ether oxygens (including phenoxy) is 1. The Bertz CT molecular complexity index is 1350. The van der Waals surface area contributed by atoms with Crippen LogP contribution in [0.25, 0.3) is 0 Å². The number of rotatable bonds is 7. The standard InChI is InChI=1S/C25H19Cl4N3O2/c1-15-9-19(26)7-8-23(15)34-14-16-3-2-4-17(10-16)25(33)30-24-22(29)13-32(31-24)12-18-5-6-20(27)11-21(18)28/h2-11,13H,12,14H2,1H3,(H,30,31,33). The molecule has 0 saturated carbocycles. The van der Waals surface area contributed by atoms with Crippen molar-refractivity contribution in [3.63, 3.8) is 0 Å². The molecule has 1 heterocycles. The lowest BCUT2D eigenvalue weighted by atomic mass is 10.1. The molecular weight excluding hydrogens is 516 g/mol. The van der Waals surface area contributed by atoms with Gasteiger partial charge in [0.25, 0.3) is 5.91 Å². The molecule has 0 aliphatic rings. The number of halogens is 4. The molecule has 0 aliphatic carbocycles. The third kappa shape index (κ3) is 6.05. The van der Waals surface area contributed by atoms with E-state index in [4.69, 9.17) is 51.1 Å². The Hall–Kier alpha value is -2.70. The number of carbonyl (C=O) groups excluding carboxylic acids is 1. The number of amides is 1. The molecule has 174 valence electrons. The second-order valence-corrected chi connectivity index (χ2v) is 9.30. The summed E-state index contributed by atoms with van der Waals surface area (Å²) in [5, 5.41) is 9.18. The van der Waals surface area contributed by atoms with E-state index in [1.165, 1.54) is 0 Å². The quantitative estimate of drug-likeness (QED) is 0.264. The summed E-state index contributed by atoms with van der Waals surface area (Å²) >= 11 is 24.5. The molecule has 0 unspecified atom stereocenters. The summed E-state index contributed by atoms with van der Waals surface area (Å²) in [6, 6.07) is 17.8. The van der Waals surface area contributed by atoms with Crippen molar-refractivity contribution in [2.24, 2.45) is 0 Å². The van der Waals surface area contributed by atoms with Crippen LogP contribution in [-0.2, 0) is 13.2 Å². The number of nitrogens with one attached hydrogen (secondary N) is 1. The third-order valence-corrected chi connectivity index (χ3v) is 6.12. The molecule has 5 nitrogen and oxygen atoms in total. The number of hydrogen-bond acceptors (Lipinski definition) is 3. The maximum Gasteiger partial charge on any atom is 0.256 e. The zero-order valence-corrected chi connectivity index (χ0v) is 21.0. The van der Waals surface area contributed by atoms with Crippen molar-refractivity contribution >= 4 is 58.1 Å². The van der Waals surface area contributed by atoms with Gasteiger partial charge in [0.15, 0.2) is 5.82 Å². The van der Waals surface area contributed by atoms with E-state index in [0.717, 1.165) is 22.4 Å². The Morgan fingerprint density at radius 3 is 2.50 bits per heavy atom. The summed E-state index contributed by atoms with van der Waals surface area (Å²) in [6.45, 7) is 2.61. The second kappa shape index (κ2) is 10.7. The molecule has 0 fully saturated rings. The van der Waals surface area contributed by atoms with Gasteiger partial charge in [-0.15, -0.1) is 0 Å². The Labute approximate surface area is 217 Å². The maximum absolute atomic E-state index is 12.8. The normalized spacial score (nSPS) is 10.9. The van der Waals surface area contributed by atoms with Crippen molar-refractivity contribution in [2.75, 3.05) is 5.32 Å². The van der Waals surface area contributed by atoms with Gasteiger partial charge >= 0.3 is 0 Å². The molecule has 0 aliphatic heterocycles. The first-order valence-corrected chi connectivity index (χ1v) is 11.8. The van der Waals surface area contributed by atoms with Crippen LogP contribution in [0.1, 0.15) is 27.0 Å². The fourth-order valence-electron chi connectivity index (χ4n) is 3.31. The smallest absolute Gasteiger partial charge is 0.256 e. The number of hydrogen-bond donors (Lipinski definition) is 1. The fourth-order valence-corrected chi connectivity index (χ4v) is 4.20. The highest BCUT2D eigenvalue weighted by Crippen LogP contribution is 2.25. The molecule has 0 atom stereocenters. The summed E-state index contributed by atoms with van der Waals surface area (Å²) < 4.78 is 7.48. The second-order valence-electron chi connectivity index (χ2n) is 7.61. The van der Waals surface area contributed by atoms with E-state index < -0.39 is 0 Å². The van der Waals surface area contributed by atoms with Crippen LogP contribution in [0.5, 0.6) is 5.75 Å². The number of aromatic nitrogens is 2. The largest absolute Gasteiger partial charge is 0.489 e. The third-order valence-electron chi connectivity index (χ3n) is 5.02. The lowest BCUT2D eigenvalue weighted by molar-refractivity contribution is 0.102. The van der Waals surface area contributed by atoms with Crippen LogP contribution in [0.4, 0.5) is 5.82 Å². The van der Waals surface area contributed by atoms with Crippen LogP contribution in [-0.4, -0.2) is 15.7 Å². The summed E-state index contributed by atoms with van der Waals surface area (Å²) in [6.07, 6.45) is 1.63. The molecule has 1 N–H and O–H groups in total. The Balaban J connectivity index is 1.42. The van der Waals surface area contributed by atoms with E-state index in [1.807, 2.05) is 31.2 Å². The Morgan fingerprint density at radius 1 is 0.971 bits per heavy atom. The monoisotopic (exact) mass is 533 g/mol. The molecule has 34 heavy (non-hydrogen) atoms. The van der Waals surface area contributed by atoms with Gasteiger partial charge in [0.2, 0.25) is 0 Å². The first-order chi connectivity index (χ1) is 16.3. The zero-order chi connectivity index (χ0) is 24.2. The maximum atomic E-state index is 12.8. The van der Waals surface area contributed by atoms with Gasteiger partial charge in [0, 0.05) is 26.8 Å². The average Bonchev–Trinajstić information content (AvgIpc) is 3.14. The highest BCUT2D eigenvalue weighted by atomic mass is 35.5. The van der Waals surface area contributed by atoms with Crippen LogP contribution in [0.3, 0.4) is 0 Å². The minimum Gasteiger partial charge on any atom is -0.489 e. The van der Waals surface area contributed by atoms with Crippen molar-refractivity contribution in [2.45, 2.75) is 20.1 Å². The molecule has 0 saturated heterocycles. The average molecular weight is 535 g/mol. The van der Waals surface area contributed by atoms with E-state index in [-0.39, 0.29) is 11.7 Å².